The van der Waals surface area contributed by atoms with Crippen LogP contribution in [0.3, 0.4) is 0 Å². The van der Waals surface area contributed by atoms with Crippen LogP contribution in [0.1, 0.15) is 18.4 Å². The molecule has 0 saturated carbocycles. The molecule has 4 rings (SSSR count). The van der Waals surface area contributed by atoms with Gasteiger partial charge in [0.15, 0.2) is 11.7 Å². The highest BCUT2D eigenvalue weighted by molar-refractivity contribution is 6.16. The molecule has 1 amide bonds. The van der Waals surface area contributed by atoms with E-state index >= 15 is 0 Å². The van der Waals surface area contributed by atoms with Gasteiger partial charge in [0.05, 0.1) is 17.6 Å². The first-order valence-corrected chi connectivity index (χ1v) is 7.18. The lowest BCUT2D eigenvalue weighted by molar-refractivity contribution is -0.147. The summed E-state index contributed by atoms with van der Waals surface area (Å²) in [6.07, 6.45) is 1.64. The molecule has 1 aliphatic rings. The van der Waals surface area contributed by atoms with Crippen LogP contribution in [0.5, 0.6) is 0 Å². The van der Waals surface area contributed by atoms with Gasteiger partial charge in [0.2, 0.25) is 5.91 Å². The van der Waals surface area contributed by atoms with Crippen molar-refractivity contribution in [3.05, 3.63) is 30.0 Å². The van der Waals surface area contributed by atoms with E-state index in [1.807, 2.05) is 0 Å². The third-order valence-corrected chi connectivity index (χ3v) is 3.76. The summed E-state index contributed by atoms with van der Waals surface area (Å²) < 4.78 is 4.99. The second-order valence-electron chi connectivity index (χ2n) is 5.19. The van der Waals surface area contributed by atoms with E-state index in [4.69, 9.17) is 4.74 Å². The van der Waals surface area contributed by atoms with E-state index in [2.05, 4.69) is 25.5 Å². The fourth-order valence-electron chi connectivity index (χ4n) is 2.74. The molecule has 0 saturated heterocycles. The monoisotopic (exact) mass is 311 g/mol. The van der Waals surface area contributed by atoms with Crippen molar-refractivity contribution in [1.82, 2.24) is 20.2 Å². The predicted octanol–water partition coefficient (Wildman–Crippen LogP) is 1.55. The Bertz CT molecular complexity index is 913. The van der Waals surface area contributed by atoms with Gasteiger partial charge in [-0.15, -0.1) is 0 Å². The van der Waals surface area contributed by atoms with Crippen LogP contribution in [-0.2, 0) is 14.3 Å². The van der Waals surface area contributed by atoms with Gasteiger partial charge in [0.25, 0.3) is 0 Å². The second-order valence-corrected chi connectivity index (χ2v) is 5.19. The van der Waals surface area contributed by atoms with Crippen molar-refractivity contribution in [1.29, 1.82) is 0 Å². The van der Waals surface area contributed by atoms with Gasteiger partial charge in [-0.05, 0) is 25.1 Å². The van der Waals surface area contributed by atoms with Crippen molar-refractivity contribution in [3.63, 3.8) is 0 Å². The van der Waals surface area contributed by atoms with Crippen molar-refractivity contribution in [2.45, 2.75) is 12.8 Å². The predicted molar refractivity (Wildman–Crippen MR) is 81.7 cm³/mol. The summed E-state index contributed by atoms with van der Waals surface area (Å²) in [5.74, 6) is -1.22. The average Bonchev–Trinajstić information content (AvgIpc) is 3.21. The molecule has 0 spiro atoms. The molecule has 23 heavy (non-hydrogen) atoms. The van der Waals surface area contributed by atoms with Gasteiger partial charge in [-0.25, -0.2) is 4.98 Å². The standard InChI is InChI=1S/C15H13N5O3/c1-2-23-15(22)12-7-5-10-11(6-9(7)19-14(12)21)18-13(17-10)8-3-4-16-20-8/h3-6,12H,2H2,1H3,(H,16,20)(H,17,18)(H,19,21). The fourth-order valence-corrected chi connectivity index (χ4v) is 2.74. The van der Waals surface area contributed by atoms with Gasteiger partial charge >= 0.3 is 5.97 Å². The molecule has 3 heterocycles. The molecule has 3 N–H and O–H groups in total. The Kier molecular flexibility index (Phi) is 2.90. The number of benzene rings is 1. The van der Waals surface area contributed by atoms with Gasteiger partial charge in [-0.3, -0.25) is 14.7 Å². The number of esters is 1. The van der Waals surface area contributed by atoms with Gasteiger partial charge in [-0.2, -0.15) is 5.10 Å². The van der Waals surface area contributed by atoms with E-state index in [1.165, 1.54) is 0 Å². The van der Waals surface area contributed by atoms with E-state index < -0.39 is 11.9 Å². The number of carbonyl (C=O) groups excluding carboxylic acids is 2. The first kappa shape index (κ1) is 13.5. The molecule has 0 radical (unpaired) electrons. The normalized spacial score (nSPS) is 16.4. The largest absolute Gasteiger partial charge is 0.465 e. The number of anilines is 1. The van der Waals surface area contributed by atoms with Crippen molar-refractivity contribution >= 4 is 28.6 Å². The number of nitrogens with one attached hydrogen (secondary N) is 3. The van der Waals surface area contributed by atoms with E-state index in [1.54, 1.807) is 31.3 Å². The van der Waals surface area contributed by atoms with Gasteiger partial charge in [-0.1, -0.05) is 0 Å². The van der Waals surface area contributed by atoms with Crippen LogP contribution in [0.4, 0.5) is 5.69 Å². The van der Waals surface area contributed by atoms with Crippen LogP contribution in [0.25, 0.3) is 22.6 Å². The number of ether oxygens (including phenoxy) is 1. The summed E-state index contributed by atoms with van der Waals surface area (Å²) in [4.78, 5) is 31.7. The number of fused-ring (bicyclic) bond motifs is 2. The molecule has 1 aliphatic heterocycles. The minimum Gasteiger partial charge on any atom is -0.465 e. The number of aromatic nitrogens is 4. The van der Waals surface area contributed by atoms with E-state index in [-0.39, 0.29) is 12.5 Å². The van der Waals surface area contributed by atoms with Crippen LogP contribution in [0.15, 0.2) is 24.4 Å². The minimum absolute atomic E-state index is 0.230. The second kappa shape index (κ2) is 4.94. The molecular formula is C15H13N5O3. The molecule has 8 heteroatoms. The summed E-state index contributed by atoms with van der Waals surface area (Å²) in [7, 11) is 0. The van der Waals surface area contributed by atoms with Crippen LogP contribution in [0, 0.1) is 0 Å². The Balaban J connectivity index is 1.80. The van der Waals surface area contributed by atoms with Crippen molar-refractivity contribution in [2.75, 3.05) is 11.9 Å². The zero-order chi connectivity index (χ0) is 16.0. The summed E-state index contributed by atoms with van der Waals surface area (Å²) in [6, 6.07) is 5.31. The Hall–Kier alpha value is -3.16. The highest BCUT2D eigenvalue weighted by Gasteiger charge is 2.38. The SMILES string of the molecule is CCOC(=O)C1C(=O)Nc2cc3nc(-c4ccn[nH]4)[nH]c3cc21. The van der Waals surface area contributed by atoms with Crippen LogP contribution in [0.2, 0.25) is 0 Å². The topological polar surface area (TPSA) is 113 Å². The molecule has 1 aromatic carbocycles. The fraction of sp³-hybridized carbons (Fsp3) is 0.200. The lowest BCUT2D eigenvalue weighted by Crippen LogP contribution is -2.22. The number of rotatable bonds is 3. The van der Waals surface area contributed by atoms with Crippen molar-refractivity contribution in [2.24, 2.45) is 0 Å². The Morgan fingerprint density at radius 2 is 2.26 bits per heavy atom. The maximum Gasteiger partial charge on any atom is 0.323 e. The van der Waals surface area contributed by atoms with Gasteiger partial charge < -0.3 is 15.0 Å². The van der Waals surface area contributed by atoms with Crippen LogP contribution in [-0.4, -0.2) is 38.6 Å². The average molecular weight is 311 g/mol. The first-order valence-electron chi connectivity index (χ1n) is 7.18. The van der Waals surface area contributed by atoms with Crippen LogP contribution < -0.4 is 5.32 Å². The molecule has 0 aliphatic carbocycles. The van der Waals surface area contributed by atoms with E-state index in [9.17, 15) is 9.59 Å². The molecule has 1 atom stereocenters. The van der Waals surface area contributed by atoms with Gasteiger partial charge in [0.1, 0.15) is 5.69 Å². The van der Waals surface area contributed by atoms with Crippen molar-refractivity contribution < 1.29 is 14.3 Å². The number of hydrogen-bond acceptors (Lipinski definition) is 5. The molecule has 0 bridgehead atoms. The maximum atomic E-state index is 12.0. The van der Waals surface area contributed by atoms with E-state index in [0.29, 0.717) is 22.6 Å². The number of hydrogen-bond donors (Lipinski definition) is 3. The molecular weight excluding hydrogens is 298 g/mol. The zero-order valence-corrected chi connectivity index (χ0v) is 12.2. The minimum atomic E-state index is -0.937. The Morgan fingerprint density at radius 3 is 3.00 bits per heavy atom. The molecule has 2 aromatic heterocycles. The van der Waals surface area contributed by atoms with E-state index in [0.717, 1.165) is 11.2 Å². The molecule has 1 unspecified atom stereocenters. The number of carbonyl (C=O) groups is 2. The van der Waals surface area contributed by atoms with Gasteiger partial charge in [0, 0.05) is 17.4 Å². The summed E-state index contributed by atoms with van der Waals surface area (Å²) >= 11 is 0. The Morgan fingerprint density at radius 1 is 1.39 bits per heavy atom. The van der Waals surface area contributed by atoms with Crippen molar-refractivity contribution in [3.8, 4) is 11.5 Å². The number of amides is 1. The smallest absolute Gasteiger partial charge is 0.323 e. The highest BCUT2D eigenvalue weighted by atomic mass is 16.5. The third-order valence-electron chi connectivity index (χ3n) is 3.76. The highest BCUT2D eigenvalue weighted by Crippen LogP contribution is 2.36. The quantitative estimate of drug-likeness (QED) is 0.502. The van der Waals surface area contributed by atoms with Crippen LogP contribution >= 0.6 is 0 Å². The first-order chi connectivity index (χ1) is 11.2. The summed E-state index contributed by atoms with van der Waals surface area (Å²) in [5.41, 5.74) is 3.37. The molecule has 8 nitrogen and oxygen atoms in total. The number of nitrogens with zero attached hydrogens (tertiary/aromatic N) is 2. The molecule has 0 fully saturated rings. The third kappa shape index (κ3) is 2.07. The number of imidazole rings is 1. The zero-order valence-electron chi connectivity index (χ0n) is 12.2. The number of H-pyrrole nitrogens is 2. The maximum absolute atomic E-state index is 12.0. The number of aromatic amines is 2. The Labute approximate surface area is 130 Å². The lowest BCUT2D eigenvalue weighted by atomic mass is 10.0. The lowest BCUT2D eigenvalue weighted by Gasteiger charge is -2.07. The summed E-state index contributed by atoms with van der Waals surface area (Å²) in [6.45, 7) is 1.94. The molecule has 116 valence electrons. The molecule has 3 aromatic rings. The summed E-state index contributed by atoms with van der Waals surface area (Å²) in [5, 5.41) is 9.44.